The van der Waals surface area contributed by atoms with Crippen LogP contribution >= 0.6 is 12.4 Å². The zero-order valence-electron chi connectivity index (χ0n) is 13.0. The fourth-order valence-corrected chi connectivity index (χ4v) is 3.06. The van der Waals surface area contributed by atoms with E-state index in [0.29, 0.717) is 18.8 Å². The van der Waals surface area contributed by atoms with Crippen LogP contribution in [0.1, 0.15) is 27.2 Å². The number of aliphatic hydroxyl groups excluding tert-OH is 1. The summed E-state index contributed by atoms with van der Waals surface area (Å²) in [5.41, 5.74) is 4.86. The van der Waals surface area contributed by atoms with Crippen molar-refractivity contribution >= 4 is 29.2 Å². The monoisotopic (exact) mass is 323 g/mol. The Morgan fingerprint density at radius 2 is 2.00 bits per heavy atom. The third-order valence-corrected chi connectivity index (χ3v) is 4.23. The van der Waals surface area contributed by atoms with Crippen molar-refractivity contribution < 1.29 is 9.90 Å². The van der Waals surface area contributed by atoms with E-state index in [1.54, 1.807) is 0 Å². The first kappa shape index (κ1) is 16.8. The highest BCUT2D eigenvalue weighted by molar-refractivity contribution is 6.01. The number of rotatable bonds is 2. The molecule has 1 aliphatic rings. The number of hydrogen-bond donors (Lipinski definition) is 4. The molecule has 1 aromatic heterocycles. The van der Waals surface area contributed by atoms with E-state index in [1.165, 1.54) is 5.56 Å². The number of β-amino-alcohol motifs (C(OH)–C–C–N with tert-alkyl or cyclic N) is 1. The van der Waals surface area contributed by atoms with E-state index in [2.05, 4.69) is 34.7 Å². The lowest BCUT2D eigenvalue weighted by Crippen LogP contribution is -2.43. The Labute approximate surface area is 135 Å². The number of hydrogen-bond acceptors (Lipinski definition) is 3. The Morgan fingerprint density at radius 1 is 1.27 bits per heavy atom. The lowest BCUT2D eigenvalue weighted by molar-refractivity contribution is 0.0884. The maximum Gasteiger partial charge on any atom is 0.268 e. The number of benzene rings is 1. The molecule has 0 radical (unpaired) electrons. The predicted molar refractivity (Wildman–Crippen MR) is 89.9 cm³/mol. The number of H-pyrrole nitrogens is 1. The summed E-state index contributed by atoms with van der Waals surface area (Å²) in [5.74, 6) is -0.159. The van der Waals surface area contributed by atoms with E-state index in [0.717, 1.165) is 22.0 Å². The Hall–Kier alpha value is -1.56. The highest BCUT2D eigenvalue weighted by Gasteiger charge is 2.27. The maximum absolute atomic E-state index is 12.5. The number of carbonyl (C=O) groups excluding carboxylic acids is 1. The standard InChI is InChI=1S/C16H21N3O2.ClH/c1-8-4-9(2)14-11(5-8)10(3)15(19-14)16(21)18-12-6-17-7-13(12)20;/h4-5,12-13,17,19-20H,6-7H2,1-3H3,(H,18,21);1H/t12-,13-;/m1./s1. The van der Waals surface area contributed by atoms with Crippen LogP contribution in [0, 0.1) is 20.8 Å². The third kappa shape index (κ3) is 2.84. The third-order valence-electron chi connectivity index (χ3n) is 4.23. The van der Waals surface area contributed by atoms with Crippen LogP contribution < -0.4 is 10.6 Å². The van der Waals surface area contributed by atoms with E-state index in [1.807, 2.05) is 13.8 Å². The fourth-order valence-electron chi connectivity index (χ4n) is 3.06. The van der Waals surface area contributed by atoms with E-state index >= 15 is 0 Å². The number of nitrogens with one attached hydrogen (secondary N) is 3. The molecular formula is C16H22ClN3O2. The lowest BCUT2D eigenvalue weighted by atomic mass is 10.1. The topological polar surface area (TPSA) is 77.2 Å². The number of aromatic amines is 1. The summed E-state index contributed by atoms with van der Waals surface area (Å²) in [7, 11) is 0. The van der Waals surface area contributed by atoms with Crippen molar-refractivity contribution in [2.45, 2.75) is 32.9 Å². The molecular weight excluding hydrogens is 302 g/mol. The number of aliphatic hydroxyl groups is 1. The molecule has 1 aromatic carbocycles. The molecule has 0 unspecified atom stereocenters. The molecule has 1 aliphatic heterocycles. The van der Waals surface area contributed by atoms with Crippen LogP contribution in [0.2, 0.25) is 0 Å². The zero-order chi connectivity index (χ0) is 15.1. The van der Waals surface area contributed by atoms with Gasteiger partial charge in [0.05, 0.1) is 12.1 Å². The number of amides is 1. The minimum absolute atomic E-state index is 0. The Balaban J connectivity index is 0.00000176. The van der Waals surface area contributed by atoms with E-state index in [-0.39, 0.29) is 24.4 Å². The van der Waals surface area contributed by atoms with Crippen molar-refractivity contribution in [3.05, 3.63) is 34.5 Å². The van der Waals surface area contributed by atoms with Crippen molar-refractivity contribution in [2.75, 3.05) is 13.1 Å². The molecule has 2 heterocycles. The molecule has 6 heteroatoms. The SMILES string of the molecule is Cc1cc(C)c2[nH]c(C(=O)N[C@@H]3CNC[C@H]3O)c(C)c2c1.Cl. The summed E-state index contributed by atoms with van der Waals surface area (Å²) in [6.45, 7) is 7.17. The van der Waals surface area contributed by atoms with Gasteiger partial charge in [-0.05, 0) is 38.0 Å². The summed E-state index contributed by atoms with van der Waals surface area (Å²) in [6.07, 6.45) is -0.525. The van der Waals surface area contributed by atoms with Crippen molar-refractivity contribution in [1.29, 1.82) is 0 Å². The molecule has 0 saturated carbocycles. The smallest absolute Gasteiger partial charge is 0.268 e. The van der Waals surface area contributed by atoms with Gasteiger partial charge in [0.1, 0.15) is 5.69 Å². The van der Waals surface area contributed by atoms with Gasteiger partial charge in [-0.2, -0.15) is 0 Å². The van der Waals surface area contributed by atoms with Crippen LogP contribution in [-0.2, 0) is 0 Å². The number of aromatic nitrogens is 1. The molecule has 2 atom stereocenters. The van der Waals surface area contributed by atoms with Gasteiger partial charge in [-0.1, -0.05) is 11.6 Å². The Kier molecular flexibility index (Phi) is 4.80. The molecule has 0 aliphatic carbocycles. The summed E-state index contributed by atoms with van der Waals surface area (Å²) in [4.78, 5) is 15.7. The zero-order valence-corrected chi connectivity index (χ0v) is 13.8. The van der Waals surface area contributed by atoms with Crippen molar-refractivity contribution in [3.63, 3.8) is 0 Å². The van der Waals surface area contributed by atoms with Crippen LogP contribution in [-0.4, -0.2) is 41.2 Å². The molecule has 4 N–H and O–H groups in total. The summed E-state index contributed by atoms with van der Waals surface area (Å²) in [6, 6.07) is 3.97. The van der Waals surface area contributed by atoms with Crippen molar-refractivity contribution in [3.8, 4) is 0 Å². The highest BCUT2D eigenvalue weighted by Crippen LogP contribution is 2.26. The van der Waals surface area contributed by atoms with Crippen LogP contribution in [0.5, 0.6) is 0 Å². The first-order valence-corrected chi connectivity index (χ1v) is 7.26. The van der Waals surface area contributed by atoms with E-state index in [9.17, 15) is 9.90 Å². The van der Waals surface area contributed by atoms with Crippen LogP contribution in [0.15, 0.2) is 12.1 Å². The van der Waals surface area contributed by atoms with Gasteiger partial charge in [-0.15, -0.1) is 12.4 Å². The van der Waals surface area contributed by atoms with Crippen LogP contribution in [0.3, 0.4) is 0 Å². The van der Waals surface area contributed by atoms with Gasteiger partial charge in [-0.25, -0.2) is 0 Å². The first-order chi connectivity index (χ1) is 9.97. The fraction of sp³-hybridized carbons (Fsp3) is 0.438. The Bertz CT molecular complexity index is 711. The normalized spacial score (nSPS) is 20.9. The second kappa shape index (κ2) is 6.28. The van der Waals surface area contributed by atoms with Gasteiger partial charge < -0.3 is 20.7 Å². The first-order valence-electron chi connectivity index (χ1n) is 7.26. The quantitative estimate of drug-likeness (QED) is 0.677. The number of aryl methyl sites for hydroxylation is 3. The minimum Gasteiger partial charge on any atom is -0.390 e. The average molecular weight is 324 g/mol. The summed E-state index contributed by atoms with van der Waals surface area (Å²) >= 11 is 0. The molecule has 5 nitrogen and oxygen atoms in total. The highest BCUT2D eigenvalue weighted by atomic mass is 35.5. The maximum atomic E-state index is 12.5. The average Bonchev–Trinajstić information content (AvgIpc) is 2.95. The summed E-state index contributed by atoms with van der Waals surface area (Å²) in [5, 5.41) is 16.8. The van der Waals surface area contributed by atoms with Gasteiger partial charge >= 0.3 is 0 Å². The summed E-state index contributed by atoms with van der Waals surface area (Å²) < 4.78 is 0. The van der Waals surface area contributed by atoms with Gasteiger partial charge in [0.2, 0.25) is 0 Å². The van der Waals surface area contributed by atoms with Crippen LogP contribution in [0.25, 0.3) is 10.9 Å². The molecule has 22 heavy (non-hydrogen) atoms. The van der Waals surface area contributed by atoms with Gasteiger partial charge in [-0.3, -0.25) is 4.79 Å². The largest absolute Gasteiger partial charge is 0.390 e. The number of fused-ring (bicyclic) bond motifs is 1. The molecule has 0 spiro atoms. The Morgan fingerprint density at radius 3 is 2.64 bits per heavy atom. The molecule has 1 amide bonds. The molecule has 2 aromatic rings. The lowest BCUT2D eigenvalue weighted by Gasteiger charge is -2.15. The van der Waals surface area contributed by atoms with Gasteiger partial charge in [0, 0.05) is 24.0 Å². The number of halogens is 1. The second-order valence-corrected chi connectivity index (χ2v) is 5.93. The van der Waals surface area contributed by atoms with Crippen LogP contribution in [0.4, 0.5) is 0 Å². The van der Waals surface area contributed by atoms with Gasteiger partial charge in [0.15, 0.2) is 0 Å². The second-order valence-electron chi connectivity index (χ2n) is 5.93. The van der Waals surface area contributed by atoms with Gasteiger partial charge in [0.25, 0.3) is 5.91 Å². The van der Waals surface area contributed by atoms with Crippen molar-refractivity contribution in [2.24, 2.45) is 0 Å². The van der Waals surface area contributed by atoms with Crippen molar-refractivity contribution in [1.82, 2.24) is 15.6 Å². The molecule has 1 saturated heterocycles. The molecule has 120 valence electrons. The number of carbonyl (C=O) groups is 1. The minimum atomic E-state index is -0.525. The van der Waals surface area contributed by atoms with E-state index in [4.69, 9.17) is 0 Å². The molecule has 0 bridgehead atoms. The van der Waals surface area contributed by atoms with E-state index < -0.39 is 6.10 Å². The molecule has 3 rings (SSSR count). The predicted octanol–water partition coefficient (Wildman–Crippen LogP) is 1.58. The molecule has 1 fully saturated rings.